The molecule has 0 radical (unpaired) electrons. The molecular weight excluding hydrogens is 1020 g/mol. The molecule has 0 unspecified atom stereocenters. The van der Waals surface area contributed by atoms with Gasteiger partial charge in [-0.3, -0.25) is 19.9 Å². The number of fused-ring (bicyclic) bond motifs is 6. The van der Waals surface area contributed by atoms with Crippen LogP contribution in [0.1, 0.15) is 31.5 Å². The van der Waals surface area contributed by atoms with E-state index in [-0.39, 0.29) is 0 Å². The third kappa shape index (κ3) is 11.4. The van der Waals surface area contributed by atoms with E-state index < -0.39 is 0 Å². The van der Waals surface area contributed by atoms with Gasteiger partial charge in [0.15, 0.2) is 0 Å². The summed E-state index contributed by atoms with van der Waals surface area (Å²) in [5.41, 5.74) is 23.9. The lowest BCUT2D eigenvalue weighted by molar-refractivity contribution is 0.889. The summed E-state index contributed by atoms with van der Waals surface area (Å²) in [7, 11) is 0. The van der Waals surface area contributed by atoms with Gasteiger partial charge in [0, 0.05) is 117 Å². The monoisotopic (exact) mass is 1090 g/mol. The van der Waals surface area contributed by atoms with Crippen molar-refractivity contribution in [1.82, 2.24) is 29.1 Å². The predicted octanol–water partition coefficient (Wildman–Crippen LogP) is 19.6. The van der Waals surface area contributed by atoms with Crippen LogP contribution in [0, 0.1) is 10.8 Å². The molecule has 406 valence electrons. The van der Waals surface area contributed by atoms with Gasteiger partial charge in [-0.1, -0.05) is 148 Å². The summed E-state index contributed by atoms with van der Waals surface area (Å²) in [6, 6.07) is 72.7. The smallest absolute Gasteiger partial charge is 0.0717 e. The first-order chi connectivity index (χ1) is 41.5. The van der Waals surface area contributed by atoms with Crippen LogP contribution in [0.25, 0.3) is 128 Å². The van der Waals surface area contributed by atoms with Gasteiger partial charge in [-0.05, 0) is 166 Å². The molecule has 0 atom stereocenters. The average Bonchev–Trinajstić information content (AvgIpc) is 3.59. The maximum absolute atomic E-state index is 6.21. The molecule has 0 fully saturated rings. The number of benzene rings is 7. The number of nitrogens with zero attached hydrogens (tertiary/aromatic N) is 6. The Morgan fingerprint density at radius 1 is 0.393 bits per heavy atom. The Balaban J connectivity index is 0.000000688. The van der Waals surface area contributed by atoms with Crippen molar-refractivity contribution in [3.05, 3.63) is 286 Å². The highest BCUT2D eigenvalue weighted by molar-refractivity contribution is 6.12. The van der Waals surface area contributed by atoms with Crippen molar-refractivity contribution in [3.63, 3.8) is 0 Å². The molecule has 84 heavy (non-hydrogen) atoms. The maximum atomic E-state index is 6.21. The maximum Gasteiger partial charge on any atom is 0.0717 e. The second-order valence-electron chi connectivity index (χ2n) is 19.9. The van der Waals surface area contributed by atoms with E-state index in [1.54, 1.807) is 0 Å². The molecule has 6 heterocycles. The lowest BCUT2D eigenvalue weighted by Crippen LogP contribution is -2.03. The first-order valence-corrected chi connectivity index (χ1v) is 28.2. The zero-order chi connectivity index (χ0) is 57.8. The summed E-state index contributed by atoms with van der Waals surface area (Å²) in [6.07, 6.45) is 24.9. The molecule has 13 aromatic rings. The van der Waals surface area contributed by atoms with Crippen LogP contribution in [0.2, 0.25) is 0 Å². The summed E-state index contributed by atoms with van der Waals surface area (Å²) in [5.74, 6) is 0. The van der Waals surface area contributed by atoms with E-state index in [0.29, 0.717) is 0 Å². The largest absolute Gasteiger partial charge is 0.313 e. The van der Waals surface area contributed by atoms with Crippen molar-refractivity contribution in [2.75, 3.05) is 0 Å². The Morgan fingerprint density at radius 3 is 1.33 bits per heavy atom. The lowest BCUT2D eigenvalue weighted by atomic mass is 9.97. The molecule has 0 saturated heterocycles. The fourth-order valence-electron chi connectivity index (χ4n) is 11.1. The number of rotatable bonds is 11. The van der Waals surface area contributed by atoms with E-state index in [1.165, 1.54) is 45.1 Å². The Bertz CT molecular complexity index is 4370. The minimum atomic E-state index is 0.914. The predicted molar refractivity (Wildman–Crippen MR) is 354 cm³/mol. The fraction of sp³-hybridized carbons (Fsp3) is 0.0526. The Kier molecular flexibility index (Phi) is 16.8. The van der Waals surface area contributed by atoms with Crippen molar-refractivity contribution in [2.24, 2.45) is 0 Å². The van der Waals surface area contributed by atoms with Gasteiger partial charge in [-0.15, -0.1) is 0 Å². The average molecular weight is 1090 g/mol. The normalized spacial score (nSPS) is 11.3. The molecule has 0 bridgehead atoms. The topological polar surface area (TPSA) is 109 Å². The van der Waals surface area contributed by atoms with E-state index >= 15 is 0 Å². The van der Waals surface area contributed by atoms with Gasteiger partial charge in [-0.2, -0.15) is 0 Å². The summed E-state index contributed by atoms with van der Waals surface area (Å²) in [5, 5.41) is 16.0. The minimum absolute atomic E-state index is 0.914. The standard InChI is InChI=1S/C68H46N6.2C3H5N.C2H6/c1-2-23-65-60(21-1)61-40-53(56-35-57(44-71-43-56)64-22-3-4-32-72-64)26-29-66(61)73(65)58-19-7-15-49(36-58)50-16-8-20-59(37-50)74-67-27-24-51(45-11-5-13-47(33-45)54-17-9-30-69-41-54)38-62(67)63-39-52(25-28-68(63)74)46-12-6-14-48(34-46)55-18-10-31-70-42-55;2*1-2-3-4;1-2/h1,3-22,24-44H,2,23H2;2*2-4H,1H2;1-2H3. The van der Waals surface area contributed by atoms with Gasteiger partial charge < -0.3 is 20.0 Å². The Labute approximate surface area is 490 Å². The molecule has 7 aromatic carbocycles. The highest BCUT2D eigenvalue weighted by Crippen LogP contribution is 2.41. The third-order valence-electron chi connectivity index (χ3n) is 14.9. The number of nitrogens with one attached hydrogen (secondary N) is 2. The zero-order valence-corrected chi connectivity index (χ0v) is 47.1. The van der Waals surface area contributed by atoms with Crippen LogP contribution in [0.4, 0.5) is 0 Å². The molecule has 14 rings (SSSR count). The molecule has 8 heteroatoms. The first kappa shape index (κ1) is 55.0. The van der Waals surface area contributed by atoms with Crippen molar-refractivity contribution >= 4 is 51.2 Å². The van der Waals surface area contributed by atoms with Crippen LogP contribution < -0.4 is 0 Å². The van der Waals surface area contributed by atoms with Gasteiger partial charge in [-0.25, -0.2) is 0 Å². The second-order valence-corrected chi connectivity index (χ2v) is 19.9. The van der Waals surface area contributed by atoms with E-state index in [2.05, 4.69) is 224 Å². The highest BCUT2D eigenvalue weighted by atomic mass is 15.0. The zero-order valence-electron chi connectivity index (χ0n) is 47.1. The fourth-order valence-corrected chi connectivity index (χ4v) is 11.1. The molecule has 8 nitrogen and oxygen atoms in total. The number of hydrogen-bond acceptors (Lipinski definition) is 6. The van der Waals surface area contributed by atoms with Crippen LogP contribution in [0.3, 0.4) is 0 Å². The molecule has 0 aliphatic heterocycles. The Morgan fingerprint density at radius 2 is 0.821 bits per heavy atom. The second kappa shape index (κ2) is 25.7. The molecule has 2 N–H and O–H groups in total. The van der Waals surface area contributed by atoms with Gasteiger partial charge in [0.05, 0.1) is 22.2 Å². The lowest BCUT2D eigenvalue weighted by Gasteiger charge is -2.15. The summed E-state index contributed by atoms with van der Waals surface area (Å²) in [6.45, 7) is 10.5. The number of hydrogen-bond donors (Lipinski definition) is 2. The van der Waals surface area contributed by atoms with Gasteiger partial charge in [0.25, 0.3) is 0 Å². The van der Waals surface area contributed by atoms with E-state index in [0.717, 1.165) is 126 Å². The molecular formula is C76H62N8. The summed E-state index contributed by atoms with van der Waals surface area (Å²) in [4.78, 5) is 18.0. The molecule has 0 saturated carbocycles. The van der Waals surface area contributed by atoms with Crippen molar-refractivity contribution < 1.29 is 0 Å². The van der Waals surface area contributed by atoms with Gasteiger partial charge in [0.2, 0.25) is 0 Å². The quantitative estimate of drug-likeness (QED) is 0.126. The molecule has 1 aliphatic rings. The molecule has 1 aliphatic carbocycles. The highest BCUT2D eigenvalue weighted by Gasteiger charge is 2.21. The van der Waals surface area contributed by atoms with E-state index in [4.69, 9.17) is 10.8 Å². The first-order valence-electron chi connectivity index (χ1n) is 28.2. The van der Waals surface area contributed by atoms with Gasteiger partial charge >= 0.3 is 0 Å². The molecule has 0 spiro atoms. The minimum Gasteiger partial charge on any atom is -0.313 e. The van der Waals surface area contributed by atoms with Crippen molar-refractivity contribution in [2.45, 2.75) is 26.7 Å². The van der Waals surface area contributed by atoms with Crippen LogP contribution in [0.5, 0.6) is 0 Å². The summed E-state index contributed by atoms with van der Waals surface area (Å²) < 4.78 is 4.92. The van der Waals surface area contributed by atoms with Crippen LogP contribution >= 0.6 is 0 Å². The number of allylic oxidation sites excluding steroid dienone is 3. The molecule has 0 amide bonds. The third-order valence-corrected chi connectivity index (χ3v) is 14.9. The van der Waals surface area contributed by atoms with Gasteiger partial charge in [0.1, 0.15) is 0 Å². The SMILES string of the molecule is C1=Cc2c(n(-c3cccc(-c4cccc(-n5c6ccc(-c7cccc(-c8cccnc8)c7)cc6c6cc(-c7cccc(-c8cccnc8)c7)ccc65)c4)c3)c3ccc(-c4cncc(-c5ccccn5)c4)cc23)CC1.C=CC=N.C=CC=N.CC. The Hall–Kier alpha value is -11.0. The van der Waals surface area contributed by atoms with Crippen LogP contribution in [0.15, 0.2) is 275 Å². The van der Waals surface area contributed by atoms with Crippen molar-refractivity contribution in [3.8, 4) is 89.4 Å². The summed E-state index contributed by atoms with van der Waals surface area (Å²) >= 11 is 0. The molecule has 6 aromatic heterocycles. The van der Waals surface area contributed by atoms with E-state index in [1.807, 2.05) is 87.6 Å². The van der Waals surface area contributed by atoms with Crippen LogP contribution in [-0.2, 0) is 6.42 Å². The number of pyridine rings is 4. The van der Waals surface area contributed by atoms with Crippen LogP contribution in [-0.4, -0.2) is 41.5 Å². The number of aromatic nitrogens is 6. The van der Waals surface area contributed by atoms with E-state index in [9.17, 15) is 0 Å². The van der Waals surface area contributed by atoms with Crippen molar-refractivity contribution in [1.29, 1.82) is 10.8 Å².